The lowest BCUT2D eigenvalue weighted by molar-refractivity contribution is -0.115. The average Bonchev–Trinajstić information content (AvgIpc) is 2.37. The van der Waals surface area contributed by atoms with Gasteiger partial charge in [-0.25, -0.2) is 4.98 Å². The summed E-state index contributed by atoms with van der Waals surface area (Å²) in [4.78, 5) is 17.8. The Kier molecular flexibility index (Phi) is 2.37. The van der Waals surface area contributed by atoms with Crippen LogP contribution in [0.2, 0.25) is 0 Å². The summed E-state index contributed by atoms with van der Waals surface area (Å²) in [5.41, 5.74) is 7.40. The van der Waals surface area contributed by atoms with Crippen molar-refractivity contribution in [1.29, 1.82) is 0 Å². The number of anilines is 4. The van der Waals surface area contributed by atoms with Crippen LogP contribution in [-0.4, -0.2) is 17.4 Å². The van der Waals surface area contributed by atoms with Crippen molar-refractivity contribution < 1.29 is 4.79 Å². The van der Waals surface area contributed by atoms with Crippen LogP contribution < -0.4 is 16.0 Å². The van der Waals surface area contributed by atoms with Crippen LogP contribution in [0, 0.1) is 0 Å². The van der Waals surface area contributed by atoms with Gasteiger partial charge >= 0.3 is 0 Å². The minimum absolute atomic E-state index is 0.0575. The molecule has 5 heteroatoms. The molecule has 90 valence electrons. The Labute approximate surface area is 104 Å². The standard InChI is InChI=1S/C13H12N4O/c14-11-6-3-7-12(16-11)17-8-13(18)15-9-4-1-2-5-10(9)17/h1-7H,8H2,(H2,14,16)(H,15,18). The molecule has 0 saturated carbocycles. The molecule has 1 aromatic heterocycles. The molecule has 0 atom stereocenters. The molecular formula is C13H12N4O. The molecular weight excluding hydrogens is 228 g/mol. The third-order valence-corrected chi connectivity index (χ3v) is 2.80. The predicted molar refractivity (Wildman–Crippen MR) is 70.7 cm³/mol. The highest BCUT2D eigenvalue weighted by atomic mass is 16.2. The Morgan fingerprint density at radius 1 is 1.17 bits per heavy atom. The van der Waals surface area contributed by atoms with Gasteiger partial charge in [0, 0.05) is 0 Å². The number of amides is 1. The van der Waals surface area contributed by atoms with Crippen molar-refractivity contribution in [3.05, 3.63) is 42.5 Å². The van der Waals surface area contributed by atoms with E-state index in [4.69, 9.17) is 5.73 Å². The molecule has 0 spiro atoms. The van der Waals surface area contributed by atoms with E-state index in [-0.39, 0.29) is 12.5 Å². The predicted octanol–water partition coefficient (Wildman–Crippen LogP) is 1.75. The fourth-order valence-corrected chi connectivity index (χ4v) is 2.03. The molecule has 0 saturated heterocycles. The van der Waals surface area contributed by atoms with E-state index in [0.29, 0.717) is 11.6 Å². The fraction of sp³-hybridized carbons (Fsp3) is 0.0769. The maximum Gasteiger partial charge on any atom is 0.244 e. The summed E-state index contributed by atoms with van der Waals surface area (Å²) in [7, 11) is 0. The van der Waals surface area contributed by atoms with E-state index in [0.717, 1.165) is 11.4 Å². The minimum Gasteiger partial charge on any atom is -0.384 e. The second kappa shape index (κ2) is 4.03. The van der Waals surface area contributed by atoms with Crippen molar-refractivity contribution in [3.63, 3.8) is 0 Å². The molecule has 0 aliphatic carbocycles. The fourth-order valence-electron chi connectivity index (χ4n) is 2.03. The SMILES string of the molecule is Nc1cccc(N2CC(=O)Nc3ccccc32)n1. The summed E-state index contributed by atoms with van der Waals surface area (Å²) in [5.74, 6) is 1.06. The first-order valence-corrected chi connectivity index (χ1v) is 5.63. The number of para-hydroxylation sites is 2. The summed E-state index contributed by atoms with van der Waals surface area (Å²) in [6.45, 7) is 0.244. The molecule has 3 N–H and O–H groups in total. The Morgan fingerprint density at radius 2 is 2.00 bits per heavy atom. The van der Waals surface area contributed by atoms with Crippen LogP contribution in [0.5, 0.6) is 0 Å². The molecule has 0 fully saturated rings. The van der Waals surface area contributed by atoms with Gasteiger partial charge in [-0.3, -0.25) is 4.79 Å². The largest absolute Gasteiger partial charge is 0.384 e. The van der Waals surface area contributed by atoms with Crippen LogP contribution in [0.15, 0.2) is 42.5 Å². The quantitative estimate of drug-likeness (QED) is 0.796. The van der Waals surface area contributed by atoms with E-state index in [2.05, 4.69) is 10.3 Å². The molecule has 1 aromatic carbocycles. The van der Waals surface area contributed by atoms with E-state index in [9.17, 15) is 4.79 Å². The molecule has 18 heavy (non-hydrogen) atoms. The number of nitrogen functional groups attached to an aromatic ring is 1. The maximum atomic E-state index is 11.7. The molecule has 1 amide bonds. The number of benzene rings is 1. The Morgan fingerprint density at radius 3 is 2.83 bits per heavy atom. The number of carbonyl (C=O) groups is 1. The molecule has 2 aromatic rings. The topological polar surface area (TPSA) is 71.2 Å². The first kappa shape index (κ1) is 10.6. The van der Waals surface area contributed by atoms with Crippen LogP contribution in [0.4, 0.5) is 23.0 Å². The number of rotatable bonds is 1. The molecule has 0 bridgehead atoms. The van der Waals surface area contributed by atoms with E-state index >= 15 is 0 Å². The third kappa shape index (κ3) is 1.75. The number of nitrogens with zero attached hydrogens (tertiary/aromatic N) is 2. The zero-order valence-corrected chi connectivity index (χ0v) is 9.63. The summed E-state index contributed by atoms with van der Waals surface area (Å²) in [6, 6.07) is 13.0. The zero-order chi connectivity index (χ0) is 12.5. The molecule has 5 nitrogen and oxygen atoms in total. The van der Waals surface area contributed by atoms with Gasteiger partial charge in [-0.15, -0.1) is 0 Å². The van der Waals surface area contributed by atoms with Gasteiger partial charge in [-0.2, -0.15) is 0 Å². The number of carbonyl (C=O) groups excluding carboxylic acids is 1. The van der Waals surface area contributed by atoms with Crippen LogP contribution in [0.1, 0.15) is 0 Å². The Bertz CT molecular complexity index is 611. The summed E-state index contributed by atoms with van der Waals surface area (Å²) < 4.78 is 0. The van der Waals surface area contributed by atoms with E-state index < -0.39 is 0 Å². The van der Waals surface area contributed by atoms with Crippen LogP contribution in [0.3, 0.4) is 0 Å². The lowest BCUT2D eigenvalue weighted by Gasteiger charge is -2.29. The van der Waals surface area contributed by atoms with Crippen molar-refractivity contribution in [1.82, 2.24) is 4.98 Å². The molecule has 0 unspecified atom stereocenters. The van der Waals surface area contributed by atoms with Gasteiger partial charge in [0.15, 0.2) is 0 Å². The summed E-state index contributed by atoms with van der Waals surface area (Å²) in [5, 5.41) is 2.83. The highest BCUT2D eigenvalue weighted by Crippen LogP contribution is 2.33. The molecule has 1 aliphatic heterocycles. The van der Waals surface area contributed by atoms with Crippen LogP contribution in [-0.2, 0) is 4.79 Å². The molecule has 2 heterocycles. The average molecular weight is 240 g/mol. The lowest BCUT2D eigenvalue weighted by atomic mass is 10.2. The number of nitrogens with one attached hydrogen (secondary N) is 1. The number of pyridine rings is 1. The van der Waals surface area contributed by atoms with Gasteiger partial charge < -0.3 is 16.0 Å². The van der Waals surface area contributed by atoms with Crippen molar-refractivity contribution in [2.45, 2.75) is 0 Å². The van der Waals surface area contributed by atoms with Gasteiger partial charge in [0.2, 0.25) is 5.91 Å². The highest BCUT2D eigenvalue weighted by molar-refractivity contribution is 6.02. The smallest absolute Gasteiger partial charge is 0.244 e. The molecule has 1 aliphatic rings. The van der Waals surface area contributed by atoms with E-state index in [1.54, 1.807) is 6.07 Å². The second-order valence-corrected chi connectivity index (χ2v) is 4.07. The van der Waals surface area contributed by atoms with Crippen molar-refractivity contribution in [3.8, 4) is 0 Å². The van der Waals surface area contributed by atoms with E-state index in [1.807, 2.05) is 41.3 Å². The van der Waals surface area contributed by atoms with Gasteiger partial charge in [0.25, 0.3) is 0 Å². The van der Waals surface area contributed by atoms with Crippen LogP contribution >= 0.6 is 0 Å². The third-order valence-electron chi connectivity index (χ3n) is 2.80. The normalized spacial score (nSPS) is 14.0. The lowest BCUT2D eigenvalue weighted by Crippen LogP contribution is -2.35. The van der Waals surface area contributed by atoms with Gasteiger partial charge in [-0.1, -0.05) is 18.2 Å². The Balaban J connectivity index is 2.10. The maximum absolute atomic E-state index is 11.7. The van der Waals surface area contributed by atoms with Crippen molar-refractivity contribution >= 4 is 28.9 Å². The second-order valence-electron chi connectivity index (χ2n) is 4.07. The molecule has 0 radical (unpaired) electrons. The summed E-state index contributed by atoms with van der Waals surface area (Å²) >= 11 is 0. The number of hydrogen-bond acceptors (Lipinski definition) is 4. The first-order chi connectivity index (χ1) is 8.74. The Hall–Kier alpha value is -2.56. The summed E-state index contributed by atoms with van der Waals surface area (Å²) in [6.07, 6.45) is 0. The van der Waals surface area contributed by atoms with Gasteiger partial charge in [0.05, 0.1) is 11.4 Å². The first-order valence-electron chi connectivity index (χ1n) is 5.63. The number of fused-ring (bicyclic) bond motifs is 1. The number of hydrogen-bond donors (Lipinski definition) is 2. The van der Waals surface area contributed by atoms with E-state index in [1.165, 1.54) is 0 Å². The molecule has 3 rings (SSSR count). The number of aromatic nitrogens is 1. The monoisotopic (exact) mass is 240 g/mol. The number of nitrogens with two attached hydrogens (primary N) is 1. The minimum atomic E-state index is -0.0575. The van der Waals surface area contributed by atoms with Crippen molar-refractivity contribution in [2.75, 3.05) is 22.5 Å². The zero-order valence-electron chi connectivity index (χ0n) is 9.63. The van der Waals surface area contributed by atoms with Crippen LogP contribution in [0.25, 0.3) is 0 Å². The van der Waals surface area contributed by atoms with Gasteiger partial charge in [0.1, 0.15) is 18.2 Å². The van der Waals surface area contributed by atoms with Crippen molar-refractivity contribution in [2.24, 2.45) is 0 Å². The highest BCUT2D eigenvalue weighted by Gasteiger charge is 2.23. The van der Waals surface area contributed by atoms with Gasteiger partial charge in [-0.05, 0) is 24.3 Å².